The Bertz CT molecular complexity index is 310. The average molecular weight is 163 g/mol. The maximum absolute atomic E-state index is 4.33. The van der Waals surface area contributed by atoms with E-state index in [1.165, 1.54) is 5.69 Å². The molecule has 2 heterocycles. The van der Waals surface area contributed by atoms with Gasteiger partial charge in [0.2, 0.25) is 0 Å². The second-order valence-corrected chi connectivity index (χ2v) is 3.29. The van der Waals surface area contributed by atoms with Crippen LogP contribution in [0.15, 0.2) is 12.5 Å². The van der Waals surface area contributed by atoms with Crippen molar-refractivity contribution in [2.75, 3.05) is 0 Å². The van der Waals surface area contributed by atoms with Crippen molar-refractivity contribution in [2.45, 2.75) is 26.4 Å². The molecule has 0 amide bonds. The summed E-state index contributed by atoms with van der Waals surface area (Å²) in [5, 5.41) is 3.14. The summed E-state index contributed by atoms with van der Waals surface area (Å²) in [7, 11) is 0. The lowest BCUT2D eigenvalue weighted by molar-refractivity contribution is 0.593. The molecular weight excluding hydrogens is 150 g/mol. The quantitative estimate of drug-likeness (QED) is 0.680. The molecule has 2 rings (SSSR count). The molecule has 1 aromatic rings. The summed E-state index contributed by atoms with van der Waals surface area (Å²) in [5.41, 5.74) is 2.38. The predicted molar refractivity (Wildman–Crippen MR) is 48.5 cm³/mol. The minimum atomic E-state index is 0.490. The molecule has 1 aromatic heterocycles. The molecule has 1 N–H and O–H groups in total. The fourth-order valence-corrected chi connectivity index (χ4v) is 1.43. The van der Waals surface area contributed by atoms with E-state index in [2.05, 4.69) is 34.8 Å². The van der Waals surface area contributed by atoms with E-state index in [4.69, 9.17) is 0 Å². The van der Waals surface area contributed by atoms with E-state index in [1.54, 1.807) is 0 Å². The third-order valence-electron chi connectivity index (χ3n) is 2.10. The summed E-state index contributed by atoms with van der Waals surface area (Å²) in [5.74, 6) is 0. The molecule has 0 spiro atoms. The van der Waals surface area contributed by atoms with Crippen molar-refractivity contribution in [3.05, 3.63) is 23.9 Å². The maximum Gasteiger partial charge on any atom is 0.0957 e. The summed E-state index contributed by atoms with van der Waals surface area (Å²) in [6.45, 7) is 5.18. The number of nitrogens with one attached hydrogen (secondary N) is 1. The maximum atomic E-state index is 4.33. The van der Waals surface area contributed by atoms with Gasteiger partial charge in [0, 0.05) is 6.04 Å². The minimum absolute atomic E-state index is 0.490. The zero-order valence-electron chi connectivity index (χ0n) is 7.41. The molecule has 0 bridgehead atoms. The second kappa shape index (κ2) is 2.66. The van der Waals surface area contributed by atoms with Crippen LogP contribution in [0.1, 0.15) is 31.3 Å². The van der Waals surface area contributed by atoms with Crippen LogP contribution in [0.2, 0.25) is 0 Å². The molecule has 1 aliphatic rings. The smallest absolute Gasteiger partial charge is 0.0957 e. The predicted octanol–water partition coefficient (Wildman–Crippen LogP) is 1.54. The highest BCUT2D eigenvalue weighted by molar-refractivity contribution is 5.50. The molecule has 0 unspecified atom stereocenters. The lowest BCUT2D eigenvalue weighted by atomic mass is 10.2. The van der Waals surface area contributed by atoms with E-state index in [0.29, 0.717) is 6.04 Å². The summed E-state index contributed by atoms with van der Waals surface area (Å²) in [6.07, 6.45) is 5.96. The number of fused-ring (bicyclic) bond motifs is 1. The first-order valence-corrected chi connectivity index (χ1v) is 4.24. The van der Waals surface area contributed by atoms with Crippen molar-refractivity contribution in [1.29, 1.82) is 0 Å². The first-order valence-electron chi connectivity index (χ1n) is 4.24. The Morgan fingerprint density at radius 3 is 3.17 bits per heavy atom. The van der Waals surface area contributed by atoms with Crippen LogP contribution in [0, 0.1) is 0 Å². The van der Waals surface area contributed by atoms with Crippen LogP contribution in [-0.4, -0.2) is 9.55 Å². The third-order valence-corrected chi connectivity index (χ3v) is 2.10. The van der Waals surface area contributed by atoms with Gasteiger partial charge in [-0.15, -0.1) is 0 Å². The zero-order chi connectivity index (χ0) is 8.55. The van der Waals surface area contributed by atoms with E-state index >= 15 is 0 Å². The van der Waals surface area contributed by atoms with Crippen molar-refractivity contribution in [2.24, 2.45) is 0 Å². The summed E-state index contributed by atoms with van der Waals surface area (Å²) in [4.78, 5) is 4.33. The minimum Gasteiger partial charge on any atom is -0.385 e. The molecule has 1 aliphatic heterocycles. The molecule has 0 saturated carbocycles. The molecule has 64 valence electrons. The topological polar surface area (TPSA) is 29.9 Å². The van der Waals surface area contributed by atoms with Gasteiger partial charge < -0.3 is 9.88 Å². The number of hydrogen-bond acceptors (Lipinski definition) is 2. The van der Waals surface area contributed by atoms with Gasteiger partial charge in [-0.25, -0.2) is 4.98 Å². The number of rotatable bonds is 1. The largest absolute Gasteiger partial charge is 0.385 e. The lowest BCUT2D eigenvalue weighted by Gasteiger charge is -2.12. The van der Waals surface area contributed by atoms with Gasteiger partial charge in [0.1, 0.15) is 0 Å². The Kier molecular flexibility index (Phi) is 1.64. The van der Waals surface area contributed by atoms with E-state index < -0.39 is 0 Å². The van der Waals surface area contributed by atoms with Gasteiger partial charge in [0.25, 0.3) is 0 Å². The summed E-state index contributed by atoms with van der Waals surface area (Å²) in [6, 6.07) is 0.490. The van der Waals surface area contributed by atoms with E-state index in [9.17, 15) is 0 Å². The lowest BCUT2D eigenvalue weighted by Crippen LogP contribution is -2.12. The molecule has 0 atom stereocenters. The van der Waals surface area contributed by atoms with Crippen LogP contribution >= 0.6 is 0 Å². The normalized spacial score (nSPS) is 14.6. The third kappa shape index (κ3) is 1.02. The Morgan fingerprint density at radius 1 is 1.58 bits per heavy atom. The first kappa shape index (κ1) is 7.40. The van der Waals surface area contributed by atoms with Crippen LogP contribution in [0.4, 0.5) is 0 Å². The monoisotopic (exact) mass is 163 g/mol. The Balaban J connectivity index is 2.47. The molecule has 3 heteroatoms. The van der Waals surface area contributed by atoms with E-state index in [1.807, 2.05) is 12.5 Å². The number of aromatic nitrogens is 2. The molecular formula is C9H13N3. The molecule has 0 aromatic carbocycles. The highest BCUT2D eigenvalue weighted by atomic mass is 15.1. The van der Waals surface area contributed by atoms with Gasteiger partial charge in [-0.3, -0.25) is 0 Å². The SMILES string of the molecule is CC(C)n1cnc2c1C=CNC2. The van der Waals surface area contributed by atoms with Gasteiger partial charge in [-0.1, -0.05) is 0 Å². The Hall–Kier alpha value is -1.25. The molecule has 0 aliphatic carbocycles. The van der Waals surface area contributed by atoms with E-state index in [-0.39, 0.29) is 0 Å². The zero-order valence-corrected chi connectivity index (χ0v) is 7.41. The Labute approximate surface area is 72.1 Å². The van der Waals surface area contributed by atoms with Crippen LogP contribution in [0.25, 0.3) is 6.08 Å². The fourth-order valence-electron chi connectivity index (χ4n) is 1.43. The van der Waals surface area contributed by atoms with E-state index in [0.717, 1.165) is 12.2 Å². The van der Waals surface area contributed by atoms with Crippen molar-refractivity contribution in [3.63, 3.8) is 0 Å². The van der Waals surface area contributed by atoms with Crippen LogP contribution < -0.4 is 5.32 Å². The first-order chi connectivity index (χ1) is 5.79. The number of imidazole rings is 1. The second-order valence-electron chi connectivity index (χ2n) is 3.29. The van der Waals surface area contributed by atoms with Crippen LogP contribution in [0.3, 0.4) is 0 Å². The van der Waals surface area contributed by atoms with Gasteiger partial charge in [0.15, 0.2) is 0 Å². The van der Waals surface area contributed by atoms with Crippen molar-refractivity contribution in [3.8, 4) is 0 Å². The summed E-state index contributed by atoms with van der Waals surface area (Å²) < 4.78 is 2.19. The summed E-state index contributed by atoms with van der Waals surface area (Å²) >= 11 is 0. The van der Waals surface area contributed by atoms with Gasteiger partial charge in [-0.2, -0.15) is 0 Å². The Morgan fingerprint density at radius 2 is 2.42 bits per heavy atom. The highest BCUT2D eigenvalue weighted by Crippen LogP contribution is 2.17. The van der Waals surface area contributed by atoms with Gasteiger partial charge in [-0.05, 0) is 26.1 Å². The average Bonchev–Trinajstić information content (AvgIpc) is 2.47. The molecule has 0 fully saturated rings. The van der Waals surface area contributed by atoms with Crippen molar-refractivity contribution < 1.29 is 0 Å². The molecule has 0 radical (unpaired) electrons. The van der Waals surface area contributed by atoms with Crippen molar-refractivity contribution >= 4 is 6.08 Å². The van der Waals surface area contributed by atoms with Gasteiger partial charge >= 0.3 is 0 Å². The van der Waals surface area contributed by atoms with Crippen molar-refractivity contribution in [1.82, 2.24) is 14.9 Å². The highest BCUT2D eigenvalue weighted by Gasteiger charge is 2.11. The van der Waals surface area contributed by atoms with Crippen LogP contribution in [0.5, 0.6) is 0 Å². The number of hydrogen-bond donors (Lipinski definition) is 1. The van der Waals surface area contributed by atoms with Gasteiger partial charge in [0.05, 0.1) is 24.3 Å². The number of nitrogens with zero attached hydrogens (tertiary/aromatic N) is 2. The molecule has 12 heavy (non-hydrogen) atoms. The van der Waals surface area contributed by atoms with Crippen LogP contribution in [-0.2, 0) is 6.54 Å². The molecule has 3 nitrogen and oxygen atoms in total. The standard InChI is InChI=1S/C9H13N3/c1-7(2)12-6-11-8-5-10-4-3-9(8)12/h3-4,6-7,10H,5H2,1-2H3. The fraction of sp³-hybridized carbons (Fsp3) is 0.444. The molecule has 0 saturated heterocycles.